The molecule has 0 aromatic heterocycles. The average Bonchev–Trinajstić information content (AvgIpc) is 3.48. The Kier molecular flexibility index (Phi) is 3.64. The number of benzene rings is 1. The minimum atomic E-state index is -0.988. The van der Waals surface area contributed by atoms with E-state index in [2.05, 4.69) is 11.4 Å². The molecule has 1 aromatic rings. The van der Waals surface area contributed by atoms with Gasteiger partial charge in [0.05, 0.1) is 18.4 Å². The van der Waals surface area contributed by atoms with E-state index in [1.54, 1.807) is 4.90 Å². The molecule has 6 heterocycles. The Balaban J connectivity index is 1.47. The molecule has 5 atom stereocenters. The first kappa shape index (κ1) is 20.8. The Bertz CT molecular complexity index is 1190. The number of hydrogen-bond acceptors (Lipinski definition) is 6. The summed E-state index contributed by atoms with van der Waals surface area (Å²) in [5, 5.41) is 14.1. The SMILES string of the molecule is CC1(C)C=Cc2c(ccc3c2N[C@@]24N5C(=O)[C@@H]6CCCN6C(=O)[C@@H]5C[C@@]32O[C@H](CO)C4(C)C)O1. The van der Waals surface area contributed by atoms with Gasteiger partial charge in [0, 0.05) is 29.5 Å². The number of rotatable bonds is 1. The number of amides is 2. The molecule has 8 heteroatoms. The lowest BCUT2D eigenvalue weighted by Crippen LogP contribution is -2.72. The number of ether oxygens (including phenoxy) is 2. The molecular formula is C26H31N3O5. The fraction of sp³-hybridized carbons (Fsp3) is 0.615. The van der Waals surface area contributed by atoms with E-state index in [1.165, 1.54) is 0 Å². The summed E-state index contributed by atoms with van der Waals surface area (Å²) in [5.41, 5.74) is -0.256. The van der Waals surface area contributed by atoms with Gasteiger partial charge in [-0.3, -0.25) is 9.59 Å². The summed E-state index contributed by atoms with van der Waals surface area (Å²) < 4.78 is 13.0. The van der Waals surface area contributed by atoms with Gasteiger partial charge in [-0.15, -0.1) is 0 Å². The van der Waals surface area contributed by atoms with Gasteiger partial charge >= 0.3 is 0 Å². The van der Waals surface area contributed by atoms with E-state index >= 15 is 0 Å². The first-order chi connectivity index (χ1) is 16.1. The van der Waals surface area contributed by atoms with Crippen LogP contribution in [0, 0.1) is 5.41 Å². The van der Waals surface area contributed by atoms with E-state index in [4.69, 9.17) is 9.47 Å². The normalized spacial score (nSPS) is 39.6. The van der Waals surface area contributed by atoms with E-state index in [9.17, 15) is 14.7 Å². The highest BCUT2D eigenvalue weighted by Crippen LogP contribution is 2.71. The van der Waals surface area contributed by atoms with Crippen molar-refractivity contribution < 1.29 is 24.2 Å². The molecule has 4 fully saturated rings. The molecule has 6 aliphatic heterocycles. The van der Waals surface area contributed by atoms with Crippen LogP contribution in [0.25, 0.3) is 6.08 Å². The van der Waals surface area contributed by atoms with Crippen molar-refractivity contribution in [2.75, 3.05) is 18.5 Å². The molecule has 0 spiro atoms. The quantitative estimate of drug-likeness (QED) is 0.661. The zero-order valence-corrected chi connectivity index (χ0v) is 20.1. The molecule has 7 rings (SSSR count). The van der Waals surface area contributed by atoms with E-state index in [-0.39, 0.29) is 18.4 Å². The largest absolute Gasteiger partial charge is 0.483 e. The van der Waals surface area contributed by atoms with Crippen LogP contribution in [-0.2, 0) is 19.9 Å². The molecule has 180 valence electrons. The zero-order valence-electron chi connectivity index (χ0n) is 20.1. The Morgan fingerprint density at radius 1 is 1.15 bits per heavy atom. The molecule has 0 aliphatic carbocycles. The van der Waals surface area contributed by atoms with Gasteiger partial charge in [-0.25, -0.2) is 0 Å². The van der Waals surface area contributed by atoms with Crippen LogP contribution >= 0.6 is 0 Å². The molecule has 34 heavy (non-hydrogen) atoms. The molecule has 2 N–H and O–H groups in total. The Morgan fingerprint density at radius 2 is 1.94 bits per heavy atom. The number of aliphatic hydroxyl groups is 1. The van der Waals surface area contributed by atoms with Crippen LogP contribution in [-0.4, -0.2) is 69.3 Å². The predicted molar refractivity (Wildman–Crippen MR) is 124 cm³/mol. The number of nitrogens with one attached hydrogen (secondary N) is 1. The molecule has 0 radical (unpaired) electrons. The summed E-state index contributed by atoms with van der Waals surface area (Å²) in [4.78, 5) is 31.3. The number of aliphatic hydroxyl groups excluding tert-OH is 1. The summed E-state index contributed by atoms with van der Waals surface area (Å²) in [7, 11) is 0. The van der Waals surface area contributed by atoms with E-state index < -0.39 is 40.5 Å². The summed E-state index contributed by atoms with van der Waals surface area (Å²) in [6.07, 6.45) is 5.53. The molecule has 0 bridgehead atoms. The van der Waals surface area contributed by atoms with Crippen molar-refractivity contribution in [2.45, 2.75) is 82.0 Å². The molecular weight excluding hydrogens is 434 g/mol. The standard InChI is InChI=1S/C26H31N3O5/c1-23(2)10-9-14-18(33-23)8-7-15-20(14)27-26-24(3,4)19(13-30)34-25(15,26)12-17-21(31)28-11-5-6-16(28)22(32)29(17)26/h7-10,16-17,19,27,30H,5-6,11-13H2,1-4H3/t16-,17-,19+,25+,26-/m0/s1. The third-order valence-corrected chi connectivity index (χ3v) is 9.30. The van der Waals surface area contributed by atoms with Gasteiger partial charge in [0.25, 0.3) is 0 Å². The number of carbonyl (C=O) groups excluding carboxylic acids is 2. The lowest BCUT2D eigenvalue weighted by Gasteiger charge is -2.52. The number of fused-ring (bicyclic) bond motifs is 5. The molecule has 1 aromatic carbocycles. The average molecular weight is 466 g/mol. The lowest BCUT2D eigenvalue weighted by atomic mass is 9.69. The summed E-state index contributed by atoms with van der Waals surface area (Å²) >= 11 is 0. The maximum atomic E-state index is 14.1. The van der Waals surface area contributed by atoms with Crippen LogP contribution in [0.5, 0.6) is 5.75 Å². The van der Waals surface area contributed by atoms with Gasteiger partial charge in [0.15, 0.2) is 5.66 Å². The van der Waals surface area contributed by atoms with Crippen molar-refractivity contribution in [3.05, 3.63) is 29.3 Å². The number of nitrogens with zero attached hydrogens (tertiary/aromatic N) is 2. The van der Waals surface area contributed by atoms with Crippen molar-refractivity contribution in [3.8, 4) is 5.75 Å². The summed E-state index contributed by atoms with van der Waals surface area (Å²) in [6.45, 7) is 8.59. The van der Waals surface area contributed by atoms with Crippen molar-refractivity contribution in [1.82, 2.24) is 9.80 Å². The molecule has 0 saturated carbocycles. The maximum Gasteiger partial charge on any atom is 0.248 e. The Hall–Kier alpha value is -2.58. The second-order valence-electron chi connectivity index (χ2n) is 11.7. The van der Waals surface area contributed by atoms with Crippen LogP contribution in [0.1, 0.15) is 58.1 Å². The highest BCUT2D eigenvalue weighted by Gasteiger charge is 2.83. The van der Waals surface area contributed by atoms with E-state index in [0.29, 0.717) is 19.4 Å². The van der Waals surface area contributed by atoms with Crippen LogP contribution in [0.2, 0.25) is 0 Å². The third kappa shape index (κ3) is 2.02. The second kappa shape index (κ2) is 5.97. The van der Waals surface area contributed by atoms with Gasteiger partial charge in [-0.05, 0) is 44.9 Å². The predicted octanol–water partition coefficient (Wildman–Crippen LogP) is 2.21. The topological polar surface area (TPSA) is 91.3 Å². The molecule has 0 unspecified atom stereocenters. The number of hydrogen-bond donors (Lipinski definition) is 2. The second-order valence-corrected chi connectivity index (χ2v) is 11.7. The molecule has 8 nitrogen and oxygen atoms in total. The smallest absolute Gasteiger partial charge is 0.248 e. The lowest BCUT2D eigenvalue weighted by molar-refractivity contribution is -0.165. The minimum absolute atomic E-state index is 0.0126. The number of piperazine rings is 1. The molecule has 2 amide bonds. The zero-order chi connectivity index (χ0) is 23.8. The van der Waals surface area contributed by atoms with Gasteiger partial charge in [-0.2, -0.15) is 0 Å². The van der Waals surface area contributed by atoms with E-state index in [1.807, 2.05) is 50.8 Å². The monoisotopic (exact) mass is 465 g/mol. The van der Waals surface area contributed by atoms with Crippen LogP contribution in [0.4, 0.5) is 5.69 Å². The third-order valence-electron chi connectivity index (χ3n) is 9.30. The fourth-order valence-electron chi connectivity index (χ4n) is 7.75. The van der Waals surface area contributed by atoms with Gasteiger partial charge in [0.2, 0.25) is 11.8 Å². The first-order valence-electron chi connectivity index (χ1n) is 12.3. The fourth-order valence-corrected chi connectivity index (χ4v) is 7.75. The molecule has 4 saturated heterocycles. The Morgan fingerprint density at radius 3 is 2.71 bits per heavy atom. The first-order valence-corrected chi connectivity index (χ1v) is 12.3. The minimum Gasteiger partial charge on any atom is -0.483 e. The molecule has 6 aliphatic rings. The van der Waals surface area contributed by atoms with Crippen LogP contribution < -0.4 is 10.1 Å². The number of carbonyl (C=O) groups is 2. The summed E-state index contributed by atoms with van der Waals surface area (Å²) in [6, 6.07) is 2.99. The summed E-state index contributed by atoms with van der Waals surface area (Å²) in [5.74, 6) is 0.783. The van der Waals surface area contributed by atoms with Crippen molar-refractivity contribution in [1.29, 1.82) is 0 Å². The van der Waals surface area contributed by atoms with Crippen LogP contribution in [0.15, 0.2) is 18.2 Å². The number of anilines is 1. The van der Waals surface area contributed by atoms with Gasteiger partial charge in [0.1, 0.15) is 29.0 Å². The van der Waals surface area contributed by atoms with Gasteiger partial charge in [-0.1, -0.05) is 19.9 Å². The van der Waals surface area contributed by atoms with Crippen LogP contribution in [0.3, 0.4) is 0 Å². The van der Waals surface area contributed by atoms with E-state index in [0.717, 1.165) is 29.0 Å². The van der Waals surface area contributed by atoms with Crippen molar-refractivity contribution >= 4 is 23.6 Å². The Labute approximate surface area is 198 Å². The van der Waals surface area contributed by atoms with Crippen molar-refractivity contribution in [2.24, 2.45) is 5.41 Å². The maximum absolute atomic E-state index is 14.1. The van der Waals surface area contributed by atoms with Gasteiger partial charge < -0.3 is 29.7 Å². The highest BCUT2D eigenvalue weighted by atomic mass is 16.5. The highest BCUT2D eigenvalue weighted by molar-refractivity contribution is 6.00. The van der Waals surface area contributed by atoms with Crippen molar-refractivity contribution in [3.63, 3.8) is 0 Å².